The summed E-state index contributed by atoms with van der Waals surface area (Å²) < 4.78 is 5.30. The lowest BCUT2D eigenvalue weighted by atomic mass is 9.99. The normalized spacial score (nSPS) is 19.9. The number of carboxylic acids is 1. The molecule has 0 spiro atoms. The summed E-state index contributed by atoms with van der Waals surface area (Å²) in [7, 11) is 0. The number of aliphatic carboxylic acids is 1. The first-order valence-corrected chi connectivity index (χ1v) is 8.68. The number of alkyl carbamates (subject to hydrolysis) is 1. The van der Waals surface area contributed by atoms with Crippen LogP contribution in [0.4, 0.5) is 4.79 Å². The molecule has 2 N–H and O–H groups in total. The summed E-state index contributed by atoms with van der Waals surface area (Å²) in [6, 6.07) is 6.75. The van der Waals surface area contributed by atoms with E-state index in [1.807, 2.05) is 56.9 Å². The van der Waals surface area contributed by atoms with Gasteiger partial charge >= 0.3 is 12.1 Å². The van der Waals surface area contributed by atoms with Crippen molar-refractivity contribution in [3.63, 3.8) is 0 Å². The summed E-state index contributed by atoms with van der Waals surface area (Å²) in [5, 5.41) is 12.6. The van der Waals surface area contributed by atoms with Crippen LogP contribution in [0.3, 0.4) is 0 Å². The average Bonchev–Trinajstić information content (AvgIpc) is 2.47. The molecular weight excluding hydrogens is 320 g/mol. The SMILES string of the molecule is Cc1ccc([C@@H](C(=O)O)N2CCC[C@H](NC(=O)OC(C)(C)C)C2)cc1. The predicted octanol–water partition coefficient (Wildman–Crippen LogP) is 3.11. The fourth-order valence-corrected chi connectivity index (χ4v) is 3.09. The molecule has 138 valence electrons. The van der Waals surface area contributed by atoms with E-state index in [0.717, 1.165) is 24.0 Å². The zero-order chi connectivity index (χ0) is 18.6. The Morgan fingerprint density at radius 2 is 1.92 bits per heavy atom. The van der Waals surface area contributed by atoms with Gasteiger partial charge in [-0.2, -0.15) is 0 Å². The minimum atomic E-state index is -0.873. The number of carbonyl (C=O) groups is 2. The number of hydrogen-bond donors (Lipinski definition) is 2. The maximum atomic E-state index is 12.0. The number of piperidine rings is 1. The second kappa shape index (κ2) is 7.87. The molecule has 1 heterocycles. The topological polar surface area (TPSA) is 78.9 Å². The molecule has 0 aliphatic carbocycles. The summed E-state index contributed by atoms with van der Waals surface area (Å²) in [6.07, 6.45) is 1.19. The summed E-state index contributed by atoms with van der Waals surface area (Å²) in [6.45, 7) is 8.61. The second-order valence-electron chi connectivity index (χ2n) is 7.63. The first kappa shape index (κ1) is 19.2. The number of likely N-dealkylation sites (tertiary alicyclic amines) is 1. The molecule has 1 aliphatic rings. The quantitative estimate of drug-likeness (QED) is 0.874. The zero-order valence-electron chi connectivity index (χ0n) is 15.4. The Bertz CT molecular complexity index is 607. The predicted molar refractivity (Wildman–Crippen MR) is 95.5 cm³/mol. The minimum absolute atomic E-state index is 0.115. The molecule has 1 aliphatic heterocycles. The molecule has 6 nitrogen and oxygen atoms in total. The standard InChI is InChI=1S/C19H28N2O4/c1-13-7-9-14(10-8-13)16(17(22)23)21-11-5-6-15(12-21)20-18(24)25-19(2,3)4/h7-10,15-16H,5-6,11-12H2,1-4H3,(H,20,24)(H,22,23)/t15-,16-/m0/s1. The van der Waals surface area contributed by atoms with Gasteiger partial charge in [-0.25, -0.2) is 4.79 Å². The van der Waals surface area contributed by atoms with Crippen LogP contribution in [0.15, 0.2) is 24.3 Å². The van der Waals surface area contributed by atoms with Gasteiger partial charge in [0, 0.05) is 12.6 Å². The molecule has 1 amide bonds. The van der Waals surface area contributed by atoms with E-state index >= 15 is 0 Å². The molecule has 0 unspecified atom stereocenters. The van der Waals surface area contributed by atoms with Gasteiger partial charge in [-0.1, -0.05) is 29.8 Å². The Morgan fingerprint density at radius 3 is 2.48 bits per heavy atom. The van der Waals surface area contributed by atoms with Crippen LogP contribution in [0.2, 0.25) is 0 Å². The molecule has 0 bridgehead atoms. The van der Waals surface area contributed by atoms with Gasteiger partial charge in [-0.15, -0.1) is 0 Å². The lowest BCUT2D eigenvalue weighted by Gasteiger charge is -2.37. The molecule has 6 heteroatoms. The van der Waals surface area contributed by atoms with E-state index in [2.05, 4.69) is 5.32 Å². The molecule has 1 saturated heterocycles. The van der Waals surface area contributed by atoms with Crippen LogP contribution in [-0.4, -0.2) is 46.8 Å². The number of carbonyl (C=O) groups excluding carboxylic acids is 1. The summed E-state index contributed by atoms with van der Waals surface area (Å²) in [4.78, 5) is 25.7. The van der Waals surface area contributed by atoms with Crippen molar-refractivity contribution in [3.8, 4) is 0 Å². The highest BCUT2D eigenvalue weighted by Crippen LogP contribution is 2.25. The zero-order valence-corrected chi connectivity index (χ0v) is 15.4. The van der Waals surface area contributed by atoms with Gasteiger partial charge < -0.3 is 15.2 Å². The number of aryl methyl sites for hydroxylation is 1. The maximum absolute atomic E-state index is 12.0. The molecule has 2 atom stereocenters. The minimum Gasteiger partial charge on any atom is -0.480 e. The molecule has 0 radical (unpaired) electrons. The van der Waals surface area contributed by atoms with Crippen molar-refractivity contribution in [1.82, 2.24) is 10.2 Å². The third kappa shape index (κ3) is 5.74. The van der Waals surface area contributed by atoms with E-state index in [-0.39, 0.29) is 6.04 Å². The lowest BCUT2D eigenvalue weighted by molar-refractivity contribution is -0.144. The first-order valence-electron chi connectivity index (χ1n) is 8.68. The van der Waals surface area contributed by atoms with Crippen molar-refractivity contribution >= 4 is 12.1 Å². The van der Waals surface area contributed by atoms with Gasteiger partial charge in [-0.05, 0) is 52.6 Å². The fourth-order valence-electron chi connectivity index (χ4n) is 3.09. The molecule has 0 aromatic heterocycles. The Labute approximate surface area is 149 Å². The van der Waals surface area contributed by atoms with Crippen molar-refractivity contribution in [3.05, 3.63) is 35.4 Å². The first-order chi connectivity index (χ1) is 11.7. The molecule has 1 fully saturated rings. The van der Waals surface area contributed by atoms with Crippen molar-refractivity contribution in [2.45, 2.75) is 58.2 Å². The van der Waals surface area contributed by atoms with E-state index in [0.29, 0.717) is 13.1 Å². The van der Waals surface area contributed by atoms with Crippen molar-refractivity contribution in [2.24, 2.45) is 0 Å². The van der Waals surface area contributed by atoms with Crippen LogP contribution >= 0.6 is 0 Å². The van der Waals surface area contributed by atoms with E-state index in [4.69, 9.17) is 4.74 Å². The van der Waals surface area contributed by atoms with Crippen molar-refractivity contribution < 1.29 is 19.4 Å². The Hall–Kier alpha value is -2.08. The van der Waals surface area contributed by atoms with Crippen LogP contribution in [0.25, 0.3) is 0 Å². The highest BCUT2D eigenvalue weighted by atomic mass is 16.6. The third-order valence-corrected chi connectivity index (χ3v) is 4.17. The average molecular weight is 348 g/mol. The Kier molecular flexibility index (Phi) is 6.06. The fraction of sp³-hybridized carbons (Fsp3) is 0.579. The number of amides is 1. The molecular formula is C19H28N2O4. The van der Waals surface area contributed by atoms with E-state index in [1.165, 1.54) is 0 Å². The number of benzene rings is 1. The molecule has 2 rings (SSSR count). The van der Waals surface area contributed by atoms with Crippen molar-refractivity contribution in [2.75, 3.05) is 13.1 Å². The highest BCUT2D eigenvalue weighted by molar-refractivity contribution is 5.75. The number of rotatable bonds is 4. The Balaban J connectivity index is 2.06. The second-order valence-corrected chi connectivity index (χ2v) is 7.63. The summed E-state index contributed by atoms with van der Waals surface area (Å²) in [5.41, 5.74) is 1.30. The maximum Gasteiger partial charge on any atom is 0.407 e. The van der Waals surface area contributed by atoms with Gasteiger partial charge in [0.2, 0.25) is 0 Å². The van der Waals surface area contributed by atoms with E-state index in [9.17, 15) is 14.7 Å². The number of hydrogen-bond acceptors (Lipinski definition) is 4. The van der Waals surface area contributed by atoms with Gasteiger partial charge in [0.15, 0.2) is 0 Å². The van der Waals surface area contributed by atoms with Crippen LogP contribution in [-0.2, 0) is 9.53 Å². The highest BCUT2D eigenvalue weighted by Gasteiger charge is 2.32. The molecule has 1 aromatic rings. The van der Waals surface area contributed by atoms with E-state index < -0.39 is 23.7 Å². The van der Waals surface area contributed by atoms with Crippen LogP contribution in [0.5, 0.6) is 0 Å². The third-order valence-electron chi connectivity index (χ3n) is 4.17. The Morgan fingerprint density at radius 1 is 1.28 bits per heavy atom. The summed E-state index contributed by atoms with van der Waals surface area (Å²) >= 11 is 0. The van der Waals surface area contributed by atoms with Crippen LogP contribution < -0.4 is 5.32 Å². The van der Waals surface area contributed by atoms with Crippen molar-refractivity contribution in [1.29, 1.82) is 0 Å². The van der Waals surface area contributed by atoms with Gasteiger partial charge in [0.25, 0.3) is 0 Å². The number of nitrogens with zero attached hydrogens (tertiary/aromatic N) is 1. The monoisotopic (exact) mass is 348 g/mol. The lowest BCUT2D eigenvalue weighted by Crippen LogP contribution is -2.50. The van der Waals surface area contributed by atoms with E-state index in [1.54, 1.807) is 0 Å². The van der Waals surface area contributed by atoms with Gasteiger partial charge in [-0.3, -0.25) is 9.69 Å². The largest absolute Gasteiger partial charge is 0.480 e. The number of nitrogens with one attached hydrogen (secondary N) is 1. The van der Waals surface area contributed by atoms with Crippen LogP contribution in [0, 0.1) is 6.92 Å². The smallest absolute Gasteiger partial charge is 0.407 e. The number of ether oxygens (including phenoxy) is 1. The molecule has 0 saturated carbocycles. The van der Waals surface area contributed by atoms with Gasteiger partial charge in [0.1, 0.15) is 11.6 Å². The molecule has 25 heavy (non-hydrogen) atoms. The summed E-state index contributed by atoms with van der Waals surface area (Å²) in [5.74, 6) is -0.873. The molecule has 1 aromatic carbocycles. The van der Waals surface area contributed by atoms with Gasteiger partial charge in [0.05, 0.1) is 0 Å². The number of carboxylic acid groups (broad SMARTS) is 1. The van der Waals surface area contributed by atoms with Crippen LogP contribution in [0.1, 0.15) is 50.8 Å².